The van der Waals surface area contributed by atoms with Gasteiger partial charge in [0.15, 0.2) is 0 Å². The number of carboxylic acid groups (broad SMARTS) is 1. The molecule has 5 rings (SSSR count). The molecule has 0 saturated carbocycles. The Morgan fingerprint density at radius 2 is 1.52 bits per heavy atom. The maximum Gasteiger partial charge on any atom is 0.410 e. The Kier molecular flexibility index (Phi) is 10.8. The molecule has 2 amide bonds. The number of fused-ring (bicyclic) bond motifs is 1. The number of ether oxygens (including phenoxy) is 3. The van der Waals surface area contributed by atoms with Gasteiger partial charge in [0, 0.05) is 20.0 Å². The van der Waals surface area contributed by atoms with E-state index in [1.54, 1.807) is 0 Å². The third-order valence-electron chi connectivity index (χ3n) is 8.43. The highest BCUT2D eigenvalue weighted by Crippen LogP contribution is 2.31. The van der Waals surface area contributed by atoms with Crippen molar-refractivity contribution in [1.82, 2.24) is 10.2 Å². The van der Waals surface area contributed by atoms with Crippen molar-refractivity contribution in [2.24, 2.45) is 0 Å². The second-order valence-corrected chi connectivity index (χ2v) is 12.9. The van der Waals surface area contributed by atoms with E-state index in [0.717, 1.165) is 27.8 Å². The summed E-state index contributed by atoms with van der Waals surface area (Å²) in [6.07, 6.45) is -0.431. The molecule has 0 spiro atoms. The van der Waals surface area contributed by atoms with Crippen molar-refractivity contribution in [3.05, 3.63) is 119 Å². The van der Waals surface area contributed by atoms with Gasteiger partial charge in [-0.3, -0.25) is 9.69 Å². The van der Waals surface area contributed by atoms with Crippen LogP contribution in [0.2, 0.25) is 0 Å². The van der Waals surface area contributed by atoms with Crippen LogP contribution in [0.25, 0.3) is 11.1 Å². The van der Waals surface area contributed by atoms with Gasteiger partial charge in [0.2, 0.25) is 5.91 Å². The largest absolute Gasteiger partial charge is 0.480 e. The van der Waals surface area contributed by atoms with Crippen molar-refractivity contribution in [3.8, 4) is 22.6 Å². The van der Waals surface area contributed by atoms with Crippen molar-refractivity contribution in [2.75, 3.05) is 20.3 Å². The molecule has 1 aliphatic heterocycles. The molecule has 2 atom stereocenters. The quantitative estimate of drug-likeness (QED) is 0.172. The molecular formula is C39H42N2O7. The lowest BCUT2D eigenvalue weighted by Crippen LogP contribution is -2.56. The minimum absolute atomic E-state index is 0.0114. The minimum atomic E-state index is -1.20. The molecule has 2 N–H and O–H groups in total. The van der Waals surface area contributed by atoms with E-state index >= 15 is 0 Å². The summed E-state index contributed by atoms with van der Waals surface area (Å²) in [4.78, 5) is 40.6. The molecule has 4 aromatic carbocycles. The Bertz CT molecular complexity index is 1710. The van der Waals surface area contributed by atoms with Gasteiger partial charge in [-0.25, -0.2) is 9.59 Å². The van der Waals surface area contributed by atoms with Gasteiger partial charge < -0.3 is 24.6 Å². The van der Waals surface area contributed by atoms with Gasteiger partial charge in [-0.15, -0.1) is 0 Å². The Balaban J connectivity index is 1.32. The Morgan fingerprint density at radius 1 is 0.854 bits per heavy atom. The number of nitrogens with one attached hydrogen (secondary N) is 1. The third-order valence-corrected chi connectivity index (χ3v) is 8.43. The first-order valence-electron chi connectivity index (χ1n) is 16.0. The number of carbonyl (C=O) groups excluding carboxylic acids is 2. The molecule has 250 valence electrons. The fourth-order valence-corrected chi connectivity index (χ4v) is 5.67. The lowest BCUT2D eigenvalue weighted by Gasteiger charge is -2.36. The number of aliphatic carboxylic acids is 1. The summed E-state index contributed by atoms with van der Waals surface area (Å²) in [5.41, 5.74) is 5.69. The summed E-state index contributed by atoms with van der Waals surface area (Å²) in [5, 5.41) is 12.7. The summed E-state index contributed by atoms with van der Waals surface area (Å²) >= 11 is 0. The molecule has 1 aliphatic rings. The summed E-state index contributed by atoms with van der Waals surface area (Å²) < 4.78 is 16.6. The van der Waals surface area contributed by atoms with Crippen molar-refractivity contribution in [3.63, 3.8) is 0 Å². The number of nitrogens with zero attached hydrogens (tertiary/aromatic N) is 1. The third kappa shape index (κ3) is 8.60. The lowest BCUT2D eigenvalue weighted by molar-refractivity contribution is -0.142. The van der Waals surface area contributed by atoms with E-state index in [9.17, 15) is 19.5 Å². The zero-order chi connectivity index (χ0) is 34.3. The number of amides is 2. The van der Waals surface area contributed by atoms with Crippen LogP contribution >= 0.6 is 0 Å². The van der Waals surface area contributed by atoms with E-state index in [2.05, 4.69) is 26.1 Å². The molecule has 0 radical (unpaired) electrons. The van der Waals surface area contributed by atoms with E-state index in [1.165, 1.54) is 17.6 Å². The SMILES string of the molecule is COCCOC(=O)N1Cc2cc(Oc3ccc(C(C)(C)C)cc3)ccc2C[C@H]1C(=O)NC(Cc1ccc(-c2ccccc2)cc1)C(=O)O. The van der Waals surface area contributed by atoms with Crippen LogP contribution < -0.4 is 10.1 Å². The van der Waals surface area contributed by atoms with E-state index in [4.69, 9.17) is 14.2 Å². The average Bonchev–Trinajstić information content (AvgIpc) is 3.08. The summed E-state index contributed by atoms with van der Waals surface area (Å²) in [6, 6.07) is 28.8. The van der Waals surface area contributed by atoms with Crippen molar-refractivity contribution >= 4 is 18.0 Å². The van der Waals surface area contributed by atoms with Gasteiger partial charge in [-0.1, -0.05) is 93.6 Å². The number of hydrogen-bond donors (Lipinski definition) is 2. The van der Waals surface area contributed by atoms with E-state index < -0.39 is 30.1 Å². The number of carbonyl (C=O) groups is 3. The fourth-order valence-electron chi connectivity index (χ4n) is 5.67. The van der Waals surface area contributed by atoms with Crippen LogP contribution in [0.3, 0.4) is 0 Å². The van der Waals surface area contributed by atoms with Crippen LogP contribution in [0, 0.1) is 0 Å². The molecular weight excluding hydrogens is 608 g/mol. The highest BCUT2D eigenvalue weighted by molar-refractivity contribution is 5.90. The van der Waals surface area contributed by atoms with Crippen LogP contribution in [-0.2, 0) is 43.9 Å². The van der Waals surface area contributed by atoms with Gasteiger partial charge in [0.25, 0.3) is 0 Å². The second-order valence-electron chi connectivity index (χ2n) is 12.9. The van der Waals surface area contributed by atoms with Gasteiger partial charge in [-0.2, -0.15) is 0 Å². The lowest BCUT2D eigenvalue weighted by atomic mass is 9.87. The Morgan fingerprint density at radius 3 is 2.17 bits per heavy atom. The number of hydrogen-bond acceptors (Lipinski definition) is 6. The standard InChI is InChI=1S/C39H42N2O7/c1-39(2,3)31-15-18-32(19-16-31)48-33-17-14-29-24-35(41(25-30(29)23-33)38(45)47-21-20-46-4)36(42)40-34(37(43)44)22-26-10-12-28(13-11-26)27-8-6-5-7-9-27/h5-19,23,34-35H,20-22,24-25H2,1-4H3,(H,40,42)(H,43,44)/t34?,35-/m0/s1. The van der Waals surface area contributed by atoms with Crippen LogP contribution in [0.1, 0.15) is 43.0 Å². The minimum Gasteiger partial charge on any atom is -0.480 e. The zero-order valence-corrected chi connectivity index (χ0v) is 27.8. The summed E-state index contributed by atoms with van der Waals surface area (Å²) in [7, 11) is 1.50. The molecule has 1 unspecified atom stereocenters. The zero-order valence-electron chi connectivity index (χ0n) is 27.8. The van der Waals surface area contributed by atoms with Crippen molar-refractivity contribution in [2.45, 2.75) is 57.7 Å². The molecule has 9 heteroatoms. The number of rotatable bonds is 11. The predicted octanol–water partition coefficient (Wildman–Crippen LogP) is 6.77. The topological polar surface area (TPSA) is 114 Å². The normalized spacial score (nSPS) is 14.8. The van der Waals surface area contributed by atoms with Gasteiger partial charge in [0.1, 0.15) is 30.2 Å². The van der Waals surface area contributed by atoms with Crippen LogP contribution in [0.4, 0.5) is 4.79 Å². The molecule has 9 nitrogen and oxygen atoms in total. The molecule has 4 aromatic rings. The van der Waals surface area contributed by atoms with E-state index in [1.807, 2.05) is 97.1 Å². The fraction of sp³-hybridized carbons (Fsp3) is 0.308. The highest BCUT2D eigenvalue weighted by atomic mass is 16.6. The summed E-state index contributed by atoms with van der Waals surface area (Å²) in [6.45, 7) is 6.74. The molecule has 0 bridgehead atoms. The first-order chi connectivity index (χ1) is 23.0. The predicted molar refractivity (Wildman–Crippen MR) is 183 cm³/mol. The number of carboxylic acids is 1. The van der Waals surface area contributed by atoms with E-state index in [-0.39, 0.29) is 38.0 Å². The molecule has 0 aliphatic carbocycles. The molecule has 0 saturated heterocycles. The van der Waals surface area contributed by atoms with Gasteiger partial charge >= 0.3 is 12.1 Å². The van der Waals surface area contributed by atoms with Crippen LogP contribution in [0.5, 0.6) is 11.5 Å². The number of benzene rings is 4. The van der Waals surface area contributed by atoms with Crippen LogP contribution in [0.15, 0.2) is 97.1 Å². The summed E-state index contributed by atoms with van der Waals surface area (Å²) in [5.74, 6) is -0.464. The molecule has 1 heterocycles. The molecule has 48 heavy (non-hydrogen) atoms. The molecule has 0 fully saturated rings. The smallest absolute Gasteiger partial charge is 0.410 e. The van der Waals surface area contributed by atoms with Crippen LogP contribution in [-0.4, -0.2) is 60.4 Å². The first-order valence-corrected chi connectivity index (χ1v) is 16.0. The highest BCUT2D eigenvalue weighted by Gasteiger charge is 2.37. The Labute approximate surface area is 281 Å². The maximum atomic E-state index is 13.7. The Hall–Kier alpha value is -5.15. The number of methoxy groups -OCH3 is 1. The first kappa shape index (κ1) is 34.2. The average molecular weight is 651 g/mol. The maximum absolute atomic E-state index is 13.7. The molecule has 0 aromatic heterocycles. The monoisotopic (exact) mass is 650 g/mol. The second kappa shape index (κ2) is 15.2. The van der Waals surface area contributed by atoms with Gasteiger partial charge in [0.05, 0.1) is 13.2 Å². The van der Waals surface area contributed by atoms with Gasteiger partial charge in [-0.05, 0) is 63.1 Å². The van der Waals surface area contributed by atoms with E-state index in [0.29, 0.717) is 11.5 Å². The van der Waals surface area contributed by atoms with Crippen molar-refractivity contribution < 1.29 is 33.7 Å². The van der Waals surface area contributed by atoms with Crippen molar-refractivity contribution in [1.29, 1.82) is 0 Å².